The average molecular weight is 593 g/mol. The molecule has 5 fully saturated rings. The van der Waals surface area contributed by atoms with Crippen molar-refractivity contribution in [1.29, 1.82) is 0 Å². The fraction of sp³-hybridized carbons (Fsp3) is 1.00. The number of sulfonamides is 2. The van der Waals surface area contributed by atoms with Crippen molar-refractivity contribution in [3.63, 3.8) is 0 Å². The van der Waals surface area contributed by atoms with Crippen LogP contribution in [0.1, 0.15) is 80.1 Å². The summed E-state index contributed by atoms with van der Waals surface area (Å²) in [6, 6.07) is 0. The van der Waals surface area contributed by atoms with Crippen LogP contribution in [0.25, 0.3) is 0 Å². The maximum atomic E-state index is 13.2. The topological polar surface area (TPSA) is 151 Å². The largest absolute Gasteiger partial charge is 0.392 e. The number of ether oxygens (including phenoxy) is 2. The quantitative estimate of drug-likeness (QED) is 0.299. The highest BCUT2D eigenvalue weighted by atomic mass is 32.2. The van der Waals surface area contributed by atoms with Gasteiger partial charge >= 0.3 is 0 Å². The predicted molar refractivity (Wildman–Crippen MR) is 147 cm³/mol. The lowest BCUT2D eigenvalue weighted by atomic mass is 9.70. The number of hydrogen-bond donors (Lipinski definition) is 4. The molecule has 0 amide bonds. The third-order valence-corrected chi connectivity index (χ3v) is 15.0. The lowest BCUT2D eigenvalue weighted by Gasteiger charge is -2.40. The molecule has 0 aromatic rings. The Morgan fingerprint density at radius 1 is 0.692 bits per heavy atom. The first-order valence-electron chi connectivity index (χ1n) is 14.4. The van der Waals surface area contributed by atoms with E-state index in [1.807, 2.05) is 0 Å². The Kier molecular flexibility index (Phi) is 7.21. The number of nitrogens with one attached hydrogen (secondary N) is 2. The van der Waals surface area contributed by atoms with Crippen LogP contribution >= 0.6 is 0 Å². The average Bonchev–Trinajstić information content (AvgIpc) is 3.43. The number of hydrogen-bond acceptors (Lipinski definition) is 8. The highest BCUT2D eigenvalue weighted by Gasteiger charge is 2.66. The molecule has 1 saturated heterocycles. The summed E-state index contributed by atoms with van der Waals surface area (Å²) in [5.74, 6) is -0.676. The molecule has 5 aliphatic rings. The summed E-state index contributed by atoms with van der Waals surface area (Å²) in [4.78, 5) is 0. The summed E-state index contributed by atoms with van der Waals surface area (Å²) >= 11 is 0. The highest BCUT2D eigenvalue weighted by Crippen LogP contribution is 2.67. The van der Waals surface area contributed by atoms with Crippen LogP contribution in [0.15, 0.2) is 0 Å². The van der Waals surface area contributed by atoms with Crippen LogP contribution in [0.3, 0.4) is 0 Å². The fourth-order valence-corrected chi connectivity index (χ4v) is 13.0. The molecular formula is C27H48N2O8S2. The van der Waals surface area contributed by atoms with Crippen LogP contribution in [0, 0.1) is 33.5 Å². The molecule has 10 nitrogen and oxygen atoms in total. The zero-order chi connectivity index (χ0) is 28.9. The Morgan fingerprint density at radius 3 is 1.33 bits per heavy atom. The molecule has 226 valence electrons. The van der Waals surface area contributed by atoms with Gasteiger partial charge in [0.25, 0.3) is 0 Å². The predicted octanol–water partition coefficient (Wildman–Crippen LogP) is 1.72. The summed E-state index contributed by atoms with van der Waals surface area (Å²) in [6.07, 6.45) is 1.79. The molecule has 4 N–H and O–H groups in total. The van der Waals surface area contributed by atoms with E-state index in [-0.39, 0.29) is 35.4 Å². The molecule has 0 aromatic heterocycles. The molecule has 4 aliphatic carbocycles. The number of aliphatic hydroxyl groups is 2. The standard InChI is InChI=1S/C27H48N2O8S2/c1-23(2)17-7-9-26(23,21(30)11-17)15-38(32,33)28-13-19-20(37-25(5,6)36-19)14-29-39(34,35)16-27-10-8-18(12-22(27)31)24(27,3)4/h17-22,28-31H,7-16H2,1-6H3/t17?,18?,19-,20-,21?,22?,26?,27?/m0/s1. The van der Waals surface area contributed by atoms with Crippen molar-refractivity contribution in [3.05, 3.63) is 0 Å². The maximum Gasteiger partial charge on any atom is 0.212 e. The molecule has 12 heteroatoms. The van der Waals surface area contributed by atoms with E-state index >= 15 is 0 Å². The Labute approximate surface area is 234 Å². The van der Waals surface area contributed by atoms with E-state index in [0.29, 0.717) is 37.5 Å². The minimum absolute atomic E-state index is 0.0639. The second kappa shape index (κ2) is 9.33. The van der Waals surface area contributed by atoms with Gasteiger partial charge < -0.3 is 19.7 Å². The molecule has 5 rings (SSSR count). The molecule has 4 bridgehead atoms. The molecule has 0 aromatic carbocycles. The monoisotopic (exact) mass is 592 g/mol. The lowest BCUT2D eigenvalue weighted by molar-refractivity contribution is -0.145. The van der Waals surface area contributed by atoms with E-state index < -0.39 is 61.1 Å². The molecular weight excluding hydrogens is 544 g/mol. The third kappa shape index (κ3) is 4.82. The zero-order valence-electron chi connectivity index (χ0n) is 24.2. The van der Waals surface area contributed by atoms with Crippen molar-refractivity contribution < 1.29 is 36.5 Å². The minimum Gasteiger partial charge on any atom is -0.392 e. The third-order valence-electron chi connectivity index (χ3n) is 12.0. The van der Waals surface area contributed by atoms with Crippen LogP contribution < -0.4 is 9.44 Å². The Bertz CT molecular complexity index is 1100. The first-order chi connectivity index (χ1) is 17.8. The van der Waals surface area contributed by atoms with Crippen molar-refractivity contribution in [2.24, 2.45) is 33.5 Å². The molecule has 8 atom stereocenters. The second-order valence-corrected chi connectivity index (χ2v) is 18.3. The van der Waals surface area contributed by atoms with Crippen molar-refractivity contribution >= 4 is 20.0 Å². The van der Waals surface area contributed by atoms with Gasteiger partial charge in [-0.05, 0) is 75.0 Å². The van der Waals surface area contributed by atoms with Crippen molar-refractivity contribution in [1.82, 2.24) is 9.44 Å². The van der Waals surface area contributed by atoms with Crippen LogP contribution in [0.5, 0.6) is 0 Å². The van der Waals surface area contributed by atoms with Gasteiger partial charge in [0.15, 0.2) is 5.79 Å². The van der Waals surface area contributed by atoms with Gasteiger partial charge in [-0.2, -0.15) is 0 Å². The van der Waals surface area contributed by atoms with Crippen LogP contribution in [-0.2, 0) is 29.5 Å². The first-order valence-corrected chi connectivity index (χ1v) is 17.7. The van der Waals surface area contributed by atoms with Crippen molar-refractivity contribution in [3.8, 4) is 0 Å². The highest BCUT2D eigenvalue weighted by molar-refractivity contribution is 7.89. The Morgan fingerprint density at radius 2 is 1.05 bits per heavy atom. The van der Waals surface area contributed by atoms with E-state index in [1.54, 1.807) is 13.8 Å². The van der Waals surface area contributed by atoms with Gasteiger partial charge in [-0.3, -0.25) is 0 Å². The van der Waals surface area contributed by atoms with Gasteiger partial charge in [-0.1, -0.05) is 27.7 Å². The van der Waals surface area contributed by atoms with Crippen LogP contribution in [0.2, 0.25) is 0 Å². The van der Waals surface area contributed by atoms with Gasteiger partial charge in [0, 0.05) is 23.9 Å². The van der Waals surface area contributed by atoms with Gasteiger partial charge in [-0.25, -0.2) is 26.3 Å². The van der Waals surface area contributed by atoms with Crippen molar-refractivity contribution in [2.75, 3.05) is 24.6 Å². The Hall–Kier alpha value is -0.340. The summed E-state index contributed by atoms with van der Waals surface area (Å²) in [5, 5.41) is 21.6. The number of rotatable bonds is 10. The number of aliphatic hydroxyl groups excluding tert-OH is 2. The summed E-state index contributed by atoms with van der Waals surface area (Å²) in [7, 11) is -7.52. The van der Waals surface area contributed by atoms with Gasteiger partial charge in [0.1, 0.15) is 12.2 Å². The summed E-state index contributed by atoms with van der Waals surface area (Å²) in [5.41, 5.74) is -1.89. The molecule has 6 unspecified atom stereocenters. The van der Waals surface area contributed by atoms with Gasteiger partial charge in [0.2, 0.25) is 20.0 Å². The van der Waals surface area contributed by atoms with E-state index in [2.05, 4.69) is 37.1 Å². The maximum absolute atomic E-state index is 13.2. The molecule has 1 aliphatic heterocycles. The Balaban J connectivity index is 1.22. The molecule has 4 saturated carbocycles. The van der Waals surface area contributed by atoms with E-state index in [9.17, 15) is 27.0 Å². The second-order valence-electron chi connectivity index (χ2n) is 14.7. The molecule has 0 spiro atoms. The minimum atomic E-state index is -3.76. The van der Waals surface area contributed by atoms with E-state index in [0.717, 1.165) is 12.8 Å². The van der Waals surface area contributed by atoms with Crippen LogP contribution in [0.4, 0.5) is 0 Å². The smallest absolute Gasteiger partial charge is 0.212 e. The van der Waals surface area contributed by atoms with Crippen LogP contribution in [-0.4, -0.2) is 81.8 Å². The fourth-order valence-electron chi connectivity index (χ4n) is 9.21. The SMILES string of the molecule is CC1(C)O[C@@H](CNS(=O)(=O)CC23CCC(CC2O)C3(C)C)[C@H](CNS(=O)(=O)CC23CCC(CC2O)C3(C)C)O1. The summed E-state index contributed by atoms with van der Waals surface area (Å²) in [6.45, 7) is 11.5. The zero-order valence-corrected chi connectivity index (χ0v) is 25.8. The molecule has 0 radical (unpaired) electrons. The molecule has 1 heterocycles. The molecule has 39 heavy (non-hydrogen) atoms. The van der Waals surface area contributed by atoms with E-state index in [1.165, 1.54) is 0 Å². The van der Waals surface area contributed by atoms with Gasteiger partial charge in [0.05, 0.1) is 23.7 Å². The van der Waals surface area contributed by atoms with Gasteiger partial charge in [-0.15, -0.1) is 0 Å². The first kappa shape index (κ1) is 30.1. The normalized spacial score (nSPS) is 43.9. The van der Waals surface area contributed by atoms with Crippen molar-refractivity contribution in [2.45, 2.75) is 110 Å². The van der Waals surface area contributed by atoms with E-state index in [4.69, 9.17) is 9.47 Å². The number of fused-ring (bicyclic) bond motifs is 4. The summed E-state index contributed by atoms with van der Waals surface area (Å²) < 4.78 is 70.3. The lowest BCUT2D eigenvalue weighted by Crippen LogP contribution is -2.50.